The molecule has 0 amide bonds. The van der Waals surface area contributed by atoms with E-state index in [1.807, 2.05) is 0 Å². The Bertz CT molecular complexity index is 806. The molecule has 1 aliphatic rings. The minimum atomic E-state index is -3.81. The first kappa shape index (κ1) is 17.6. The van der Waals surface area contributed by atoms with Crippen LogP contribution in [0.3, 0.4) is 0 Å². The van der Waals surface area contributed by atoms with Crippen LogP contribution < -0.4 is 9.62 Å². The normalized spacial score (nSPS) is 16.2. The van der Waals surface area contributed by atoms with Crippen molar-refractivity contribution < 1.29 is 12.9 Å². The number of rotatable bonds is 5. The zero-order valence-corrected chi connectivity index (χ0v) is 15.4. The molecule has 0 aromatic carbocycles. The molecule has 0 spiro atoms. The standard InChI is InChI=1S/C15H22N6O3S/c1-4-20-7-9-21(10-8-20)14-6-5-13(16-17-14)19-25(22,23)15-11(2)18-24-12(15)3/h5-6H,4,7-10H2,1-3H3,(H,16,19). The second-order valence-corrected chi connectivity index (χ2v) is 7.58. The van der Waals surface area contributed by atoms with Crippen LogP contribution in [0, 0.1) is 13.8 Å². The number of anilines is 2. The Morgan fingerprint density at radius 2 is 1.88 bits per heavy atom. The van der Waals surface area contributed by atoms with Crippen LogP contribution in [-0.2, 0) is 10.0 Å². The van der Waals surface area contributed by atoms with Crippen molar-refractivity contribution in [3.63, 3.8) is 0 Å². The molecule has 1 fully saturated rings. The van der Waals surface area contributed by atoms with Gasteiger partial charge in [-0.15, -0.1) is 10.2 Å². The molecule has 0 bridgehead atoms. The van der Waals surface area contributed by atoms with Gasteiger partial charge in [-0.1, -0.05) is 12.1 Å². The maximum Gasteiger partial charge on any atom is 0.268 e. The second kappa shape index (κ2) is 6.96. The number of likely N-dealkylation sites (N-methyl/N-ethyl adjacent to an activating group) is 1. The lowest BCUT2D eigenvalue weighted by Crippen LogP contribution is -2.46. The minimum Gasteiger partial charge on any atom is -0.360 e. The molecule has 0 aliphatic carbocycles. The first-order valence-corrected chi connectivity index (χ1v) is 9.65. The largest absolute Gasteiger partial charge is 0.360 e. The molecule has 2 aromatic heterocycles. The Morgan fingerprint density at radius 1 is 1.16 bits per heavy atom. The third-order valence-corrected chi connectivity index (χ3v) is 5.87. The fourth-order valence-corrected chi connectivity index (χ4v) is 4.22. The molecule has 0 atom stereocenters. The number of aryl methyl sites for hydroxylation is 2. The van der Waals surface area contributed by atoms with Crippen molar-refractivity contribution >= 4 is 21.7 Å². The Labute approximate surface area is 147 Å². The van der Waals surface area contributed by atoms with Crippen LogP contribution in [0.1, 0.15) is 18.4 Å². The van der Waals surface area contributed by atoms with Gasteiger partial charge in [0.1, 0.15) is 5.69 Å². The summed E-state index contributed by atoms with van der Waals surface area (Å²) in [5.74, 6) is 1.15. The molecule has 1 saturated heterocycles. The number of nitrogens with zero attached hydrogens (tertiary/aromatic N) is 5. The Morgan fingerprint density at radius 3 is 2.40 bits per heavy atom. The van der Waals surface area contributed by atoms with Crippen LogP contribution >= 0.6 is 0 Å². The predicted octanol–water partition coefficient (Wildman–Crippen LogP) is 1.02. The molecule has 3 heterocycles. The smallest absolute Gasteiger partial charge is 0.268 e. The number of sulfonamides is 1. The zero-order chi connectivity index (χ0) is 18.0. The maximum absolute atomic E-state index is 12.5. The molecule has 25 heavy (non-hydrogen) atoms. The molecule has 0 saturated carbocycles. The summed E-state index contributed by atoms with van der Waals surface area (Å²) in [5, 5.41) is 11.8. The monoisotopic (exact) mass is 366 g/mol. The first-order valence-electron chi connectivity index (χ1n) is 8.17. The van der Waals surface area contributed by atoms with Crippen LogP contribution in [-0.4, -0.2) is 61.4 Å². The van der Waals surface area contributed by atoms with Crippen molar-refractivity contribution in [1.82, 2.24) is 20.3 Å². The fraction of sp³-hybridized carbons (Fsp3) is 0.533. The molecule has 9 nitrogen and oxygen atoms in total. The van der Waals surface area contributed by atoms with Gasteiger partial charge in [-0.25, -0.2) is 8.42 Å². The first-order chi connectivity index (χ1) is 11.9. The van der Waals surface area contributed by atoms with E-state index in [-0.39, 0.29) is 16.5 Å². The van der Waals surface area contributed by atoms with E-state index in [1.165, 1.54) is 0 Å². The molecule has 10 heteroatoms. The molecule has 0 radical (unpaired) electrons. The zero-order valence-electron chi connectivity index (χ0n) is 14.6. The lowest BCUT2D eigenvalue weighted by molar-refractivity contribution is 0.270. The summed E-state index contributed by atoms with van der Waals surface area (Å²) in [6.07, 6.45) is 0. The number of nitrogens with one attached hydrogen (secondary N) is 1. The molecule has 3 rings (SSSR count). The highest BCUT2D eigenvalue weighted by Crippen LogP contribution is 2.22. The van der Waals surface area contributed by atoms with Gasteiger partial charge in [0.25, 0.3) is 10.0 Å². The van der Waals surface area contributed by atoms with E-state index in [0.717, 1.165) is 38.5 Å². The maximum atomic E-state index is 12.5. The summed E-state index contributed by atoms with van der Waals surface area (Å²) < 4.78 is 32.3. The van der Waals surface area contributed by atoms with Crippen molar-refractivity contribution in [2.24, 2.45) is 0 Å². The highest BCUT2D eigenvalue weighted by atomic mass is 32.2. The number of hydrogen-bond acceptors (Lipinski definition) is 8. The van der Waals surface area contributed by atoms with Crippen LogP contribution in [0.5, 0.6) is 0 Å². The van der Waals surface area contributed by atoms with Crippen molar-refractivity contribution in [3.8, 4) is 0 Å². The lowest BCUT2D eigenvalue weighted by Gasteiger charge is -2.34. The van der Waals surface area contributed by atoms with Gasteiger partial charge in [0.15, 0.2) is 22.3 Å². The second-order valence-electron chi connectivity index (χ2n) is 5.96. The van der Waals surface area contributed by atoms with Gasteiger partial charge in [0.2, 0.25) is 0 Å². The summed E-state index contributed by atoms with van der Waals surface area (Å²) >= 11 is 0. The van der Waals surface area contributed by atoms with Crippen molar-refractivity contribution in [2.45, 2.75) is 25.7 Å². The number of piperazine rings is 1. The molecule has 1 aliphatic heterocycles. The quantitative estimate of drug-likeness (QED) is 0.836. The molecule has 136 valence electrons. The van der Waals surface area contributed by atoms with E-state index < -0.39 is 10.0 Å². The molecule has 0 unspecified atom stereocenters. The summed E-state index contributed by atoms with van der Waals surface area (Å²) in [6.45, 7) is 10.1. The van der Waals surface area contributed by atoms with Crippen LogP contribution in [0.2, 0.25) is 0 Å². The van der Waals surface area contributed by atoms with Gasteiger partial charge in [0, 0.05) is 26.2 Å². The van der Waals surface area contributed by atoms with Gasteiger partial charge in [-0.05, 0) is 32.5 Å². The third-order valence-electron chi connectivity index (χ3n) is 4.27. The van der Waals surface area contributed by atoms with E-state index >= 15 is 0 Å². The van der Waals surface area contributed by atoms with Gasteiger partial charge in [-0.2, -0.15) is 0 Å². The SMILES string of the molecule is CCN1CCN(c2ccc(NS(=O)(=O)c3c(C)noc3C)nn2)CC1. The van der Waals surface area contributed by atoms with Crippen LogP contribution in [0.4, 0.5) is 11.6 Å². The molecular formula is C15H22N6O3S. The summed E-state index contributed by atoms with van der Waals surface area (Å²) in [5.41, 5.74) is 0.309. The minimum absolute atomic E-state index is 0.0362. The van der Waals surface area contributed by atoms with E-state index in [4.69, 9.17) is 4.52 Å². The number of aromatic nitrogens is 3. The van der Waals surface area contributed by atoms with Gasteiger partial charge >= 0.3 is 0 Å². The average molecular weight is 366 g/mol. The molecular weight excluding hydrogens is 344 g/mol. The Hall–Kier alpha value is -2.20. The van der Waals surface area contributed by atoms with Crippen molar-refractivity contribution in [2.75, 3.05) is 42.3 Å². The summed E-state index contributed by atoms with van der Waals surface area (Å²) in [6, 6.07) is 3.39. The highest BCUT2D eigenvalue weighted by molar-refractivity contribution is 7.92. The lowest BCUT2D eigenvalue weighted by atomic mass is 10.3. The summed E-state index contributed by atoms with van der Waals surface area (Å²) in [4.78, 5) is 4.55. The highest BCUT2D eigenvalue weighted by Gasteiger charge is 2.25. The predicted molar refractivity (Wildman–Crippen MR) is 93.1 cm³/mol. The van der Waals surface area contributed by atoms with Crippen LogP contribution in [0.15, 0.2) is 21.6 Å². The third kappa shape index (κ3) is 3.74. The Balaban J connectivity index is 1.71. The van der Waals surface area contributed by atoms with Gasteiger partial charge in [0.05, 0.1) is 0 Å². The fourth-order valence-electron chi connectivity index (χ4n) is 2.89. The van der Waals surface area contributed by atoms with Gasteiger partial charge < -0.3 is 14.3 Å². The average Bonchev–Trinajstić information content (AvgIpc) is 2.95. The molecule has 2 aromatic rings. The molecule has 1 N–H and O–H groups in total. The van der Waals surface area contributed by atoms with E-state index in [2.05, 4.69) is 36.8 Å². The summed E-state index contributed by atoms with van der Waals surface area (Å²) in [7, 11) is -3.81. The topological polar surface area (TPSA) is 104 Å². The van der Waals surface area contributed by atoms with Crippen LogP contribution in [0.25, 0.3) is 0 Å². The number of hydrogen-bond donors (Lipinski definition) is 1. The van der Waals surface area contributed by atoms with Crippen molar-refractivity contribution in [3.05, 3.63) is 23.6 Å². The van der Waals surface area contributed by atoms with E-state index in [9.17, 15) is 8.42 Å². The van der Waals surface area contributed by atoms with Gasteiger partial charge in [-0.3, -0.25) is 4.72 Å². The Kier molecular flexibility index (Phi) is 4.91. The van der Waals surface area contributed by atoms with E-state index in [1.54, 1.807) is 26.0 Å². The van der Waals surface area contributed by atoms with E-state index in [0.29, 0.717) is 5.69 Å². The van der Waals surface area contributed by atoms with Crippen molar-refractivity contribution in [1.29, 1.82) is 0 Å².